The molecule has 1 aromatic heterocycles. The number of nitrogens with two attached hydrogens (primary N) is 1. The minimum atomic E-state index is -4.09. The van der Waals surface area contributed by atoms with Crippen LogP contribution in [0.5, 0.6) is 0 Å². The quantitative estimate of drug-likeness (QED) is 0.751. The maximum atomic E-state index is 11.8. The largest absolute Gasteiger partial charge is 0.452 e. The van der Waals surface area contributed by atoms with Gasteiger partial charge in [0.25, 0.3) is 5.91 Å². The van der Waals surface area contributed by atoms with Crippen molar-refractivity contribution in [2.75, 3.05) is 11.9 Å². The molecule has 11 heteroatoms. The highest BCUT2D eigenvalue weighted by molar-refractivity contribution is 7.89. The number of nitrogens with one attached hydrogen (secondary N) is 1. The lowest BCUT2D eigenvalue weighted by atomic mass is 10.2. The Balaban J connectivity index is 2.02. The predicted molar refractivity (Wildman–Crippen MR) is 78.2 cm³/mol. The topological polar surface area (TPSA) is 142 Å². The molecule has 1 heterocycles. The Labute approximate surface area is 135 Å². The second-order valence-corrected chi connectivity index (χ2v) is 6.14. The molecule has 23 heavy (non-hydrogen) atoms. The van der Waals surface area contributed by atoms with Crippen molar-refractivity contribution >= 4 is 39.3 Å². The van der Waals surface area contributed by atoms with Gasteiger partial charge in [0.15, 0.2) is 12.4 Å². The lowest BCUT2D eigenvalue weighted by molar-refractivity contribution is -0.119. The van der Waals surface area contributed by atoms with Gasteiger partial charge in [0, 0.05) is 6.07 Å². The molecular weight excluding hydrogens is 350 g/mol. The number of hydrogen-bond acceptors (Lipinski definition) is 7. The highest BCUT2D eigenvalue weighted by Gasteiger charge is 2.18. The van der Waals surface area contributed by atoms with Crippen molar-refractivity contribution in [2.45, 2.75) is 4.90 Å². The van der Waals surface area contributed by atoms with Crippen LogP contribution in [0.2, 0.25) is 5.02 Å². The van der Waals surface area contributed by atoms with E-state index in [1.165, 1.54) is 24.5 Å². The average molecular weight is 360 g/mol. The second-order valence-electron chi connectivity index (χ2n) is 4.20. The van der Waals surface area contributed by atoms with Crippen molar-refractivity contribution in [3.63, 3.8) is 0 Å². The minimum Gasteiger partial charge on any atom is -0.452 e. The molecule has 1 aromatic carbocycles. The number of amides is 1. The van der Waals surface area contributed by atoms with E-state index in [-0.39, 0.29) is 16.4 Å². The van der Waals surface area contributed by atoms with Gasteiger partial charge >= 0.3 is 5.97 Å². The Bertz CT molecular complexity index is 834. The fourth-order valence-electron chi connectivity index (χ4n) is 1.52. The summed E-state index contributed by atoms with van der Waals surface area (Å²) >= 11 is 5.70. The lowest BCUT2D eigenvalue weighted by Crippen LogP contribution is -2.21. The minimum absolute atomic E-state index is 0.118. The van der Waals surface area contributed by atoms with E-state index in [1.807, 2.05) is 0 Å². The van der Waals surface area contributed by atoms with Crippen molar-refractivity contribution in [3.8, 4) is 0 Å². The molecule has 0 fully saturated rings. The third-order valence-electron chi connectivity index (χ3n) is 2.51. The third kappa shape index (κ3) is 4.52. The second kappa shape index (κ2) is 6.77. The molecule has 1 amide bonds. The summed E-state index contributed by atoms with van der Waals surface area (Å²) in [5, 5.41) is 10.6. The number of nitrogens with zero attached hydrogens (tertiary/aromatic N) is 1. The normalized spacial score (nSPS) is 11.0. The van der Waals surface area contributed by atoms with Crippen molar-refractivity contribution in [3.05, 3.63) is 41.1 Å². The Hall–Kier alpha value is -2.43. The van der Waals surface area contributed by atoms with E-state index in [1.54, 1.807) is 0 Å². The standard InChI is InChI=1S/C12H10ClN3O6S/c13-8-2-1-7(5-9(8)23(14,19)20)12(18)21-6-11(17)15-10-3-4-22-16-10/h1-5H,6H2,(H2,14,19,20)(H,15,16,17). The first-order valence-electron chi connectivity index (χ1n) is 5.97. The van der Waals surface area contributed by atoms with Gasteiger partial charge in [-0.05, 0) is 18.2 Å². The Morgan fingerprint density at radius 3 is 2.70 bits per heavy atom. The zero-order chi connectivity index (χ0) is 17.0. The number of anilines is 1. The molecule has 0 atom stereocenters. The van der Waals surface area contributed by atoms with Crippen LogP contribution in [0.4, 0.5) is 5.82 Å². The van der Waals surface area contributed by atoms with Crippen LogP contribution < -0.4 is 10.5 Å². The van der Waals surface area contributed by atoms with E-state index < -0.39 is 33.4 Å². The molecule has 2 aromatic rings. The number of esters is 1. The molecule has 0 unspecified atom stereocenters. The van der Waals surface area contributed by atoms with E-state index in [9.17, 15) is 18.0 Å². The summed E-state index contributed by atoms with van der Waals surface area (Å²) in [5.74, 6) is -1.40. The number of rotatable bonds is 5. The summed E-state index contributed by atoms with van der Waals surface area (Å²) in [6.07, 6.45) is 1.25. The van der Waals surface area contributed by atoms with Gasteiger partial charge < -0.3 is 14.6 Å². The molecule has 0 aliphatic heterocycles. The summed E-state index contributed by atoms with van der Waals surface area (Å²) in [6, 6.07) is 4.80. The maximum absolute atomic E-state index is 11.8. The summed E-state index contributed by atoms with van der Waals surface area (Å²) in [5.41, 5.74) is -0.118. The van der Waals surface area contributed by atoms with E-state index in [4.69, 9.17) is 21.5 Å². The van der Waals surface area contributed by atoms with Crippen LogP contribution in [0.1, 0.15) is 10.4 Å². The van der Waals surface area contributed by atoms with Gasteiger partial charge in [0.05, 0.1) is 10.6 Å². The van der Waals surface area contributed by atoms with E-state index in [0.717, 1.165) is 6.07 Å². The number of primary sulfonamides is 1. The molecule has 0 saturated heterocycles. The number of benzene rings is 1. The fraction of sp³-hybridized carbons (Fsp3) is 0.0833. The number of hydrogen-bond donors (Lipinski definition) is 2. The molecule has 3 N–H and O–H groups in total. The van der Waals surface area contributed by atoms with Crippen LogP contribution in [0.3, 0.4) is 0 Å². The number of ether oxygens (including phenoxy) is 1. The van der Waals surface area contributed by atoms with E-state index in [2.05, 4.69) is 15.0 Å². The van der Waals surface area contributed by atoms with Crippen molar-refractivity contribution in [2.24, 2.45) is 5.14 Å². The summed E-state index contributed by atoms with van der Waals surface area (Å²) in [4.78, 5) is 22.9. The van der Waals surface area contributed by atoms with Gasteiger partial charge in [-0.2, -0.15) is 0 Å². The van der Waals surface area contributed by atoms with Crippen LogP contribution in [-0.4, -0.2) is 32.1 Å². The van der Waals surface area contributed by atoms with Gasteiger partial charge in [-0.1, -0.05) is 16.8 Å². The van der Waals surface area contributed by atoms with E-state index in [0.29, 0.717) is 0 Å². The molecule has 0 saturated carbocycles. The molecule has 0 spiro atoms. The Morgan fingerprint density at radius 2 is 2.09 bits per heavy atom. The predicted octanol–water partition coefficient (Wildman–Crippen LogP) is 0.771. The summed E-state index contributed by atoms with van der Waals surface area (Å²) < 4.78 is 31.9. The maximum Gasteiger partial charge on any atom is 0.338 e. The van der Waals surface area contributed by atoms with Gasteiger partial charge in [-0.3, -0.25) is 4.79 Å². The molecule has 122 valence electrons. The van der Waals surface area contributed by atoms with Crippen LogP contribution in [-0.2, 0) is 19.6 Å². The Morgan fingerprint density at radius 1 is 1.35 bits per heavy atom. The number of carbonyl (C=O) groups excluding carboxylic acids is 2. The van der Waals surface area contributed by atoms with Crippen LogP contribution in [0.25, 0.3) is 0 Å². The molecule has 0 aliphatic rings. The highest BCUT2D eigenvalue weighted by atomic mass is 35.5. The van der Waals surface area contributed by atoms with Crippen LogP contribution in [0.15, 0.2) is 39.9 Å². The van der Waals surface area contributed by atoms with Crippen LogP contribution >= 0.6 is 11.6 Å². The zero-order valence-electron chi connectivity index (χ0n) is 11.4. The average Bonchev–Trinajstić information content (AvgIpc) is 2.97. The number of aromatic nitrogens is 1. The first kappa shape index (κ1) is 16.9. The van der Waals surface area contributed by atoms with E-state index >= 15 is 0 Å². The van der Waals surface area contributed by atoms with Crippen LogP contribution in [0, 0.1) is 0 Å². The fourth-order valence-corrected chi connectivity index (χ4v) is 2.59. The molecule has 2 rings (SSSR count). The zero-order valence-corrected chi connectivity index (χ0v) is 12.9. The summed E-state index contributed by atoms with van der Waals surface area (Å²) in [7, 11) is -4.09. The molecule has 0 bridgehead atoms. The molecule has 0 aliphatic carbocycles. The van der Waals surface area contributed by atoms with Gasteiger partial charge in [0.1, 0.15) is 11.2 Å². The third-order valence-corrected chi connectivity index (χ3v) is 3.91. The molecule has 0 radical (unpaired) electrons. The van der Waals surface area contributed by atoms with Crippen molar-refractivity contribution in [1.29, 1.82) is 0 Å². The molecular formula is C12H10ClN3O6S. The molecule has 9 nitrogen and oxygen atoms in total. The smallest absolute Gasteiger partial charge is 0.338 e. The van der Waals surface area contributed by atoms with Gasteiger partial charge in [0.2, 0.25) is 10.0 Å². The first-order valence-corrected chi connectivity index (χ1v) is 7.89. The van der Waals surface area contributed by atoms with Crippen molar-refractivity contribution < 1.29 is 27.3 Å². The highest BCUT2D eigenvalue weighted by Crippen LogP contribution is 2.21. The van der Waals surface area contributed by atoms with Crippen molar-refractivity contribution in [1.82, 2.24) is 5.16 Å². The number of carbonyl (C=O) groups is 2. The first-order chi connectivity index (χ1) is 10.8. The number of halogens is 1. The van der Waals surface area contributed by atoms with Gasteiger partial charge in [-0.15, -0.1) is 0 Å². The lowest BCUT2D eigenvalue weighted by Gasteiger charge is -2.07. The monoisotopic (exact) mass is 359 g/mol. The van der Waals surface area contributed by atoms with Gasteiger partial charge in [-0.25, -0.2) is 18.4 Å². The number of sulfonamides is 1. The summed E-state index contributed by atoms with van der Waals surface area (Å²) in [6.45, 7) is -0.598. The SMILES string of the molecule is NS(=O)(=O)c1cc(C(=O)OCC(=O)Nc2ccon2)ccc1Cl. The Kier molecular flexibility index (Phi) is 4.98.